The minimum Gasteiger partial charge on any atom is -0.301 e. The van der Waals surface area contributed by atoms with Crippen LogP contribution >= 0.6 is 46.3 Å². The SMILES string of the molecule is O=C(CSc1nnc(-c2ccccc2)n1-c1ccccc1)Nc1ncc(Cc2cc(Cl)cc(Cl)c2)s1. The van der Waals surface area contributed by atoms with Crippen molar-refractivity contribution in [2.45, 2.75) is 11.6 Å². The second kappa shape index (κ2) is 11.3. The molecule has 6 nitrogen and oxygen atoms in total. The molecule has 180 valence electrons. The fourth-order valence-corrected chi connectivity index (χ4v) is 5.78. The second-order valence-electron chi connectivity index (χ2n) is 7.77. The summed E-state index contributed by atoms with van der Waals surface area (Å²) in [6.07, 6.45) is 2.38. The van der Waals surface area contributed by atoms with E-state index in [2.05, 4.69) is 20.5 Å². The lowest BCUT2D eigenvalue weighted by Crippen LogP contribution is -2.14. The number of hydrogen-bond donors (Lipinski definition) is 1. The van der Waals surface area contributed by atoms with Crippen LogP contribution in [0.1, 0.15) is 10.4 Å². The zero-order valence-corrected chi connectivity index (χ0v) is 21.9. The summed E-state index contributed by atoms with van der Waals surface area (Å²) in [7, 11) is 0. The molecular formula is C26H19Cl2N5OS2. The van der Waals surface area contributed by atoms with Crippen molar-refractivity contribution in [1.82, 2.24) is 19.7 Å². The van der Waals surface area contributed by atoms with Gasteiger partial charge >= 0.3 is 0 Å². The third-order valence-electron chi connectivity index (χ3n) is 5.11. The lowest BCUT2D eigenvalue weighted by atomic mass is 10.1. The van der Waals surface area contributed by atoms with Crippen molar-refractivity contribution in [2.24, 2.45) is 0 Å². The molecule has 0 aliphatic rings. The predicted octanol–water partition coefficient (Wildman–Crippen LogP) is 7.02. The van der Waals surface area contributed by atoms with E-state index in [9.17, 15) is 4.79 Å². The minimum absolute atomic E-state index is 0.165. The van der Waals surface area contributed by atoms with Gasteiger partial charge in [0.05, 0.1) is 5.75 Å². The van der Waals surface area contributed by atoms with Gasteiger partial charge in [-0.25, -0.2) is 4.98 Å². The van der Waals surface area contributed by atoms with E-state index in [-0.39, 0.29) is 11.7 Å². The highest BCUT2D eigenvalue weighted by molar-refractivity contribution is 7.99. The average molecular weight is 553 g/mol. The largest absolute Gasteiger partial charge is 0.301 e. The summed E-state index contributed by atoms with van der Waals surface area (Å²) in [5, 5.41) is 14.0. The Bertz CT molecular complexity index is 1470. The molecule has 3 aromatic carbocycles. The van der Waals surface area contributed by atoms with Gasteiger partial charge in [-0.15, -0.1) is 21.5 Å². The van der Waals surface area contributed by atoms with Gasteiger partial charge in [-0.1, -0.05) is 83.5 Å². The number of para-hydroxylation sites is 1. The van der Waals surface area contributed by atoms with Crippen LogP contribution in [0.2, 0.25) is 10.0 Å². The third-order valence-corrected chi connectivity index (χ3v) is 7.39. The first kappa shape index (κ1) is 24.5. The summed E-state index contributed by atoms with van der Waals surface area (Å²) in [6.45, 7) is 0. The number of aromatic nitrogens is 4. The van der Waals surface area contributed by atoms with Gasteiger partial charge in [-0.3, -0.25) is 9.36 Å². The highest BCUT2D eigenvalue weighted by atomic mass is 35.5. The van der Waals surface area contributed by atoms with Crippen molar-refractivity contribution >= 4 is 57.3 Å². The lowest BCUT2D eigenvalue weighted by molar-refractivity contribution is -0.113. The van der Waals surface area contributed by atoms with Crippen LogP contribution in [-0.2, 0) is 11.2 Å². The molecule has 0 atom stereocenters. The van der Waals surface area contributed by atoms with E-state index in [0.29, 0.717) is 26.8 Å². The molecule has 2 aromatic heterocycles. The van der Waals surface area contributed by atoms with Crippen molar-refractivity contribution in [2.75, 3.05) is 11.1 Å². The normalized spacial score (nSPS) is 10.9. The van der Waals surface area contributed by atoms with Crippen LogP contribution in [0, 0.1) is 0 Å². The maximum atomic E-state index is 12.7. The number of rotatable bonds is 8. The molecule has 36 heavy (non-hydrogen) atoms. The molecule has 0 fully saturated rings. The number of thioether (sulfide) groups is 1. The van der Waals surface area contributed by atoms with Crippen LogP contribution in [0.25, 0.3) is 17.1 Å². The Hall–Kier alpha value is -3.17. The van der Waals surface area contributed by atoms with Crippen LogP contribution in [-0.4, -0.2) is 31.4 Å². The average Bonchev–Trinajstić information content (AvgIpc) is 3.50. The number of benzene rings is 3. The number of nitrogens with one attached hydrogen (secondary N) is 1. The zero-order chi connectivity index (χ0) is 24.9. The van der Waals surface area contributed by atoms with Crippen LogP contribution in [0.3, 0.4) is 0 Å². The molecule has 0 radical (unpaired) electrons. The maximum Gasteiger partial charge on any atom is 0.236 e. The first-order valence-corrected chi connectivity index (χ1v) is 13.5. The van der Waals surface area contributed by atoms with Crippen LogP contribution in [0.5, 0.6) is 0 Å². The van der Waals surface area contributed by atoms with Crippen LogP contribution in [0.15, 0.2) is 90.2 Å². The van der Waals surface area contributed by atoms with Gasteiger partial charge in [-0.05, 0) is 35.9 Å². The molecule has 0 unspecified atom stereocenters. The Morgan fingerprint density at radius 2 is 1.64 bits per heavy atom. The summed E-state index contributed by atoms with van der Waals surface area (Å²) in [4.78, 5) is 18.0. The van der Waals surface area contributed by atoms with E-state index in [1.54, 1.807) is 12.3 Å². The molecule has 0 bridgehead atoms. The molecule has 0 aliphatic carbocycles. The van der Waals surface area contributed by atoms with Crippen molar-refractivity contribution in [3.8, 4) is 17.1 Å². The number of amides is 1. The topological polar surface area (TPSA) is 72.7 Å². The molecular weight excluding hydrogens is 533 g/mol. The maximum absolute atomic E-state index is 12.7. The molecule has 5 aromatic rings. The number of halogens is 2. The molecule has 0 aliphatic heterocycles. The summed E-state index contributed by atoms with van der Waals surface area (Å²) < 4.78 is 1.96. The quantitative estimate of drug-likeness (QED) is 0.210. The Balaban J connectivity index is 1.27. The summed E-state index contributed by atoms with van der Waals surface area (Å²) in [6, 6.07) is 25.2. The molecule has 1 N–H and O–H groups in total. The van der Waals surface area contributed by atoms with Gasteiger partial charge in [0.2, 0.25) is 5.91 Å². The van der Waals surface area contributed by atoms with E-state index < -0.39 is 0 Å². The molecule has 0 spiro atoms. The van der Waals surface area contributed by atoms with Gasteiger partial charge in [0.15, 0.2) is 16.1 Å². The Morgan fingerprint density at radius 3 is 2.36 bits per heavy atom. The van der Waals surface area contributed by atoms with Gasteiger partial charge in [0.25, 0.3) is 0 Å². The highest BCUT2D eigenvalue weighted by Crippen LogP contribution is 2.29. The second-order valence-corrected chi connectivity index (χ2v) is 10.7. The van der Waals surface area contributed by atoms with Crippen molar-refractivity contribution in [1.29, 1.82) is 0 Å². The van der Waals surface area contributed by atoms with E-state index in [0.717, 1.165) is 27.5 Å². The molecule has 2 heterocycles. The van der Waals surface area contributed by atoms with Gasteiger partial charge < -0.3 is 5.32 Å². The number of nitrogens with zero attached hydrogens (tertiary/aromatic N) is 4. The summed E-state index contributed by atoms with van der Waals surface area (Å²) in [5.74, 6) is 0.712. The van der Waals surface area contributed by atoms with Crippen molar-refractivity contribution in [3.05, 3.63) is 106 Å². The van der Waals surface area contributed by atoms with E-state index in [4.69, 9.17) is 23.2 Å². The number of carbonyl (C=O) groups excluding carboxylic acids is 1. The summed E-state index contributed by atoms with van der Waals surface area (Å²) >= 11 is 14.9. The third kappa shape index (κ3) is 5.96. The standard InChI is InChI=1S/C26H19Cl2N5OS2/c27-19-11-17(12-20(28)14-19)13-22-15-29-25(36-22)30-23(34)16-35-26-32-31-24(18-7-3-1-4-8-18)33(26)21-9-5-2-6-10-21/h1-12,14-15H,13,16H2,(H,29,30,34). The number of hydrogen-bond acceptors (Lipinski definition) is 6. The van der Waals surface area contributed by atoms with Gasteiger partial charge in [0, 0.05) is 38.8 Å². The number of carbonyl (C=O) groups is 1. The monoisotopic (exact) mass is 551 g/mol. The fraction of sp³-hybridized carbons (Fsp3) is 0.0769. The lowest BCUT2D eigenvalue weighted by Gasteiger charge is -2.10. The van der Waals surface area contributed by atoms with Crippen molar-refractivity contribution < 1.29 is 4.79 Å². The summed E-state index contributed by atoms with van der Waals surface area (Å²) in [5.41, 5.74) is 2.86. The zero-order valence-electron chi connectivity index (χ0n) is 18.8. The minimum atomic E-state index is -0.171. The van der Waals surface area contributed by atoms with E-state index in [1.807, 2.05) is 77.4 Å². The Labute approximate surface area is 226 Å². The predicted molar refractivity (Wildman–Crippen MR) is 148 cm³/mol. The highest BCUT2D eigenvalue weighted by Gasteiger charge is 2.17. The Kier molecular flexibility index (Phi) is 7.67. The molecule has 5 rings (SSSR count). The van der Waals surface area contributed by atoms with Crippen LogP contribution < -0.4 is 5.32 Å². The molecule has 10 heteroatoms. The fourth-order valence-electron chi connectivity index (χ4n) is 3.59. The Morgan fingerprint density at radius 1 is 0.944 bits per heavy atom. The number of thiazole rings is 1. The number of anilines is 1. The van der Waals surface area contributed by atoms with E-state index in [1.165, 1.54) is 23.1 Å². The first-order valence-electron chi connectivity index (χ1n) is 10.9. The molecule has 0 saturated heterocycles. The van der Waals surface area contributed by atoms with E-state index >= 15 is 0 Å². The smallest absolute Gasteiger partial charge is 0.236 e. The van der Waals surface area contributed by atoms with Gasteiger partial charge in [-0.2, -0.15) is 0 Å². The van der Waals surface area contributed by atoms with Gasteiger partial charge in [0.1, 0.15) is 0 Å². The molecule has 0 saturated carbocycles. The first-order chi connectivity index (χ1) is 17.5. The van der Waals surface area contributed by atoms with Crippen molar-refractivity contribution in [3.63, 3.8) is 0 Å². The molecule has 1 amide bonds. The van der Waals surface area contributed by atoms with Crippen LogP contribution in [0.4, 0.5) is 5.13 Å².